The van der Waals surface area contributed by atoms with Gasteiger partial charge in [0.1, 0.15) is 11.9 Å². The number of primary amides is 1. The van der Waals surface area contributed by atoms with Crippen LogP contribution in [0.3, 0.4) is 0 Å². The van der Waals surface area contributed by atoms with Gasteiger partial charge in [-0.1, -0.05) is 0 Å². The number of amides is 1. The molecule has 1 amide bonds. The molecule has 2 aromatic rings. The number of anilines is 1. The van der Waals surface area contributed by atoms with Crippen molar-refractivity contribution >= 4 is 11.7 Å². The van der Waals surface area contributed by atoms with E-state index in [1.807, 2.05) is 26.0 Å². The summed E-state index contributed by atoms with van der Waals surface area (Å²) < 4.78 is 0. The van der Waals surface area contributed by atoms with Crippen LogP contribution in [0.1, 0.15) is 30.5 Å². The maximum Gasteiger partial charge on any atom is 0.236 e. The van der Waals surface area contributed by atoms with E-state index < -0.39 is 0 Å². The van der Waals surface area contributed by atoms with Gasteiger partial charge in [0.15, 0.2) is 5.82 Å². The molecule has 4 unspecified atom stereocenters. The normalized spacial score (nSPS) is 27.2. The monoisotopic (exact) mass is 367 g/mol. The fourth-order valence-electron chi connectivity index (χ4n) is 4.06. The molecule has 2 aliphatic rings. The van der Waals surface area contributed by atoms with Crippen molar-refractivity contribution in [1.29, 1.82) is 0 Å². The molecular formula is C19H25N7O. The van der Waals surface area contributed by atoms with E-state index in [0.29, 0.717) is 11.9 Å². The Bertz CT molecular complexity index is 841. The van der Waals surface area contributed by atoms with E-state index in [-0.39, 0.29) is 23.9 Å². The second-order valence-corrected chi connectivity index (χ2v) is 7.44. The van der Waals surface area contributed by atoms with Crippen LogP contribution in [-0.2, 0) is 4.79 Å². The minimum Gasteiger partial charge on any atom is -0.368 e. The van der Waals surface area contributed by atoms with Crippen molar-refractivity contribution in [3.63, 3.8) is 0 Å². The lowest BCUT2D eigenvalue weighted by molar-refractivity contribution is -0.120. The fraction of sp³-hybridized carbons (Fsp3) is 0.474. The van der Waals surface area contributed by atoms with Crippen molar-refractivity contribution in [2.24, 2.45) is 11.7 Å². The number of rotatable bonds is 4. The summed E-state index contributed by atoms with van der Waals surface area (Å²) >= 11 is 0. The number of nitrogens with one attached hydrogen (secondary N) is 3. The summed E-state index contributed by atoms with van der Waals surface area (Å²) in [6, 6.07) is 4.04. The molecule has 3 heterocycles. The zero-order valence-electron chi connectivity index (χ0n) is 15.6. The molecule has 0 radical (unpaired) electrons. The molecular weight excluding hydrogens is 342 g/mol. The van der Waals surface area contributed by atoms with Crippen LogP contribution in [0.25, 0.3) is 11.4 Å². The molecule has 1 aliphatic heterocycles. The van der Waals surface area contributed by atoms with Crippen LogP contribution in [0.4, 0.5) is 5.82 Å². The molecule has 1 aliphatic carbocycles. The average molecular weight is 367 g/mol. The Labute approximate surface area is 158 Å². The van der Waals surface area contributed by atoms with Crippen LogP contribution in [0, 0.1) is 19.8 Å². The van der Waals surface area contributed by atoms with Gasteiger partial charge in [-0.2, -0.15) is 0 Å². The summed E-state index contributed by atoms with van der Waals surface area (Å²) in [6.45, 7) is 4.03. The molecule has 5 N–H and O–H groups in total. The number of hydrogen-bond acceptors (Lipinski definition) is 7. The average Bonchev–Trinajstić information content (AvgIpc) is 3.09. The molecule has 1 saturated carbocycles. The number of nitrogens with two attached hydrogens (primary N) is 1. The van der Waals surface area contributed by atoms with Gasteiger partial charge in [0, 0.05) is 47.2 Å². The first kappa shape index (κ1) is 17.8. The van der Waals surface area contributed by atoms with Gasteiger partial charge in [0.05, 0.1) is 0 Å². The van der Waals surface area contributed by atoms with E-state index >= 15 is 0 Å². The number of carbonyl (C=O) groups is 1. The lowest BCUT2D eigenvalue weighted by Crippen LogP contribution is -2.44. The topological polar surface area (TPSA) is 118 Å². The summed E-state index contributed by atoms with van der Waals surface area (Å²) in [6.07, 6.45) is 6.35. The number of aromatic nitrogens is 3. The van der Waals surface area contributed by atoms with Crippen molar-refractivity contribution in [3.05, 3.63) is 35.8 Å². The Kier molecular flexibility index (Phi) is 4.75. The van der Waals surface area contributed by atoms with E-state index in [4.69, 9.17) is 10.7 Å². The van der Waals surface area contributed by atoms with E-state index in [0.717, 1.165) is 41.9 Å². The largest absolute Gasteiger partial charge is 0.368 e. The highest BCUT2D eigenvalue weighted by molar-refractivity contribution is 5.80. The second kappa shape index (κ2) is 7.21. The summed E-state index contributed by atoms with van der Waals surface area (Å²) in [7, 11) is 0. The molecule has 0 aromatic carbocycles. The maximum absolute atomic E-state index is 11.7. The SMILES string of the molecule is Cc1nc(-c2ccncc2)nc(NC2CCC3NNC(C(N)=O)C3C2)c1C. The minimum absolute atomic E-state index is 0.191. The minimum atomic E-state index is -0.319. The maximum atomic E-state index is 11.7. The van der Waals surface area contributed by atoms with E-state index in [1.165, 1.54) is 0 Å². The zero-order valence-corrected chi connectivity index (χ0v) is 15.6. The molecule has 1 saturated heterocycles. The van der Waals surface area contributed by atoms with Crippen molar-refractivity contribution < 1.29 is 4.79 Å². The Morgan fingerprint density at radius 1 is 1.19 bits per heavy atom. The number of nitrogens with zero attached hydrogens (tertiary/aromatic N) is 3. The van der Waals surface area contributed by atoms with Crippen molar-refractivity contribution in [3.8, 4) is 11.4 Å². The van der Waals surface area contributed by atoms with Crippen LogP contribution >= 0.6 is 0 Å². The van der Waals surface area contributed by atoms with E-state index in [1.54, 1.807) is 12.4 Å². The Morgan fingerprint density at radius 2 is 1.96 bits per heavy atom. The highest BCUT2D eigenvalue weighted by atomic mass is 16.1. The van der Waals surface area contributed by atoms with Gasteiger partial charge in [-0.25, -0.2) is 15.4 Å². The third-order valence-electron chi connectivity index (χ3n) is 5.73. The molecule has 142 valence electrons. The fourth-order valence-corrected chi connectivity index (χ4v) is 4.06. The van der Waals surface area contributed by atoms with Gasteiger partial charge in [0.2, 0.25) is 5.91 Å². The van der Waals surface area contributed by atoms with Crippen molar-refractivity contribution in [2.45, 2.75) is 51.2 Å². The lowest BCUT2D eigenvalue weighted by atomic mass is 9.79. The predicted molar refractivity (Wildman–Crippen MR) is 103 cm³/mol. The number of pyridine rings is 1. The van der Waals surface area contributed by atoms with Crippen molar-refractivity contribution in [1.82, 2.24) is 25.8 Å². The molecule has 4 atom stereocenters. The molecule has 2 aromatic heterocycles. The first-order chi connectivity index (χ1) is 13.0. The van der Waals surface area contributed by atoms with Gasteiger partial charge in [-0.3, -0.25) is 15.2 Å². The molecule has 4 rings (SSSR count). The van der Waals surface area contributed by atoms with E-state index in [2.05, 4.69) is 26.1 Å². The van der Waals surface area contributed by atoms with Gasteiger partial charge in [-0.15, -0.1) is 0 Å². The predicted octanol–water partition coefficient (Wildman–Crippen LogP) is 1.07. The van der Waals surface area contributed by atoms with Gasteiger partial charge in [0.25, 0.3) is 0 Å². The second-order valence-electron chi connectivity index (χ2n) is 7.44. The quantitative estimate of drug-likeness (QED) is 0.638. The first-order valence-corrected chi connectivity index (χ1v) is 9.35. The molecule has 27 heavy (non-hydrogen) atoms. The van der Waals surface area contributed by atoms with Crippen LogP contribution in [0.15, 0.2) is 24.5 Å². The number of hydrogen-bond donors (Lipinski definition) is 4. The highest BCUT2D eigenvalue weighted by Gasteiger charge is 2.42. The Hall–Kier alpha value is -2.58. The summed E-state index contributed by atoms with van der Waals surface area (Å²) in [5.74, 6) is 1.43. The summed E-state index contributed by atoms with van der Waals surface area (Å²) in [5.41, 5.74) is 14.7. The smallest absolute Gasteiger partial charge is 0.236 e. The molecule has 0 bridgehead atoms. The van der Waals surface area contributed by atoms with Gasteiger partial charge in [-0.05, 0) is 45.2 Å². The van der Waals surface area contributed by atoms with Gasteiger partial charge < -0.3 is 11.1 Å². The third kappa shape index (κ3) is 3.50. The van der Waals surface area contributed by atoms with E-state index in [9.17, 15) is 4.79 Å². The molecule has 0 spiro atoms. The standard InChI is InChI=1S/C19H25N7O/c1-10-11(2)22-19(12-5-7-21-8-6-12)24-18(10)23-13-3-4-15-14(9-13)16(17(20)27)26-25-15/h5-8,13-16,25-26H,3-4,9H2,1-2H3,(H2,20,27)(H,22,23,24). The van der Waals surface area contributed by atoms with Gasteiger partial charge >= 0.3 is 0 Å². The summed E-state index contributed by atoms with van der Waals surface area (Å²) in [5, 5.41) is 3.60. The molecule has 8 nitrogen and oxygen atoms in total. The van der Waals surface area contributed by atoms with Crippen LogP contribution in [-0.4, -0.2) is 39.0 Å². The number of carbonyl (C=O) groups excluding carboxylic acids is 1. The van der Waals surface area contributed by atoms with Crippen molar-refractivity contribution in [2.75, 3.05) is 5.32 Å². The number of aryl methyl sites for hydroxylation is 1. The summed E-state index contributed by atoms with van der Waals surface area (Å²) in [4.78, 5) is 25.1. The molecule has 2 fully saturated rings. The zero-order chi connectivity index (χ0) is 19.0. The molecule has 8 heteroatoms. The van der Waals surface area contributed by atoms with Crippen LogP contribution in [0.2, 0.25) is 0 Å². The van der Waals surface area contributed by atoms with Crippen LogP contribution < -0.4 is 21.9 Å². The first-order valence-electron chi connectivity index (χ1n) is 9.35. The van der Waals surface area contributed by atoms with Crippen LogP contribution in [0.5, 0.6) is 0 Å². The third-order valence-corrected chi connectivity index (χ3v) is 5.73. The highest BCUT2D eigenvalue weighted by Crippen LogP contribution is 2.32. The number of hydrazine groups is 1. The lowest BCUT2D eigenvalue weighted by Gasteiger charge is -2.33. The number of fused-ring (bicyclic) bond motifs is 1. The Balaban J connectivity index is 1.56. The Morgan fingerprint density at radius 3 is 2.70 bits per heavy atom.